The van der Waals surface area contributed by atoms with Crippen LogP contribution in [0, 0.1) is 17.2 Å². The predicted octanol–water partition coefficient (Wildman–Crippen LogP) is 2.54. The number of guanidine groups is 1. The summed E-state index contributed by atoms with van der Waals surface area (Å²) in [6.07, 6.45) is 0.733. The number of carbonyl (C=O) groups excluding carboxylic acids is 1. The molecule has 2 atom stereocenters. The molecule has 32 heavy (non-hydrogen) atoms. The molecule has 0 bridgehead atoms. The van der Waals surface area contributed by atoms with Gasteiger partial charge in [0.05, 0.1) is 17.6 Å². The summed E-state index contributed by atoms with van der Waals surface area (Å²) in [4.78, 5) is 25.4. The van der Waals surface area contributed by atoms with Crippen LogP contribution in [0.3, 0.4) is 0 Å². The van der Waals surface area contributed by atoms with Crippen molar-refractivity contribution in [3.8, 4) is 17.2 Å². The largest absolute Gasteiger partial charge is 0.369 e. The molecule has 8 heteroatoms. The first kappa shape index (κ1) is 22.5. The number of aliphatic imine (C=N–C) groups is 1. The average molecular weight is 451 g/mol. The third kappa shape index (κ3) is 4.29. The lowest BCUT2D eigenvalue weighted by Gasteiger charge is -2.41. The molecule has 0 radical (unpaired) electrons. The molecule has 2 aromatic rings. The summed E-state index contributed by atoms with van der Waals surface area (Å²) in [6, 6.07) is 11.9. The van der Waals surface area contributed by atoms with Crippen molar-refractivity contribution in [1.29, 1.82) is 5.26 Å². The number of rotatable bonds is 5. The summed E-state index contributed by atoms with van der Waals surface area (Å²) >= 11 is 1.60. The first-order chi connectivity index (χ1) is 15.3. The van der Waals surface area contributed by atoms with E-state index in [1.165, 1.54) is 4.90 Å². The van der Waals surface area contributed by atoms with Crippen LogP contribution in [0.1, 0.15) is 23.8 Å². The molecule has 168 valence electrons. The summed E-state index contributed by atoms with van der Waals surface area (Å²) in [6.45, 7) is 7.04. The van der Waals surface area contributed by atoms with Crippen LogP contribution in [-0.4, -0.2) is 73.4 Å². The van der Waals surface area contributed by atoms with Crippen LogP contribution in [0.15, 0.2) is 40.7 Å². The van der Waals surface area contributed by atoms with E-state index in [0.29, 0.717) is 5.56 Å². The van der Waals surface area contributed by atoms with Crippen LogP contribution in [0.25, 0.3) is 11.1 Å². The SMILES string of the molecule is CN1CCN(CC[C@@H]2C(=O)N(C)C(N)=N[C@]2(C)c2cc(-c3cccc(C#N)c3)cs2)CC1. The Kier molecular flexibility index (Phi) is 6.33. The molecule has 1 amide bonds. The highest BCUT2D eigenvalue weighted by Gasteiger charge is 2.47. The van der Waals surface area contributed by atoms with E-state index in [4.69, 9.17) is 10.7 Å². The molecule has 2 N–H and O–H groups in total. The molecule has 1 aromatic heterocycles. The van der Waals surface area contributed by atoms with Gasteiger partial charge in [0, 0.05) is 38.1 Å². The van der Waals surface area contributed by atoms with E-state index in [1.807, 2.05) is 25.1 Å². The molecule has 1 saturated heterocycles. The van der Waals surface area contributed by atoms with E-state index in [0.717, 1.165) is 55.1 Å². The number of amides is 1. The van der Waals surface area contributed by atoms with E-state index in [1.54, 1.807) is 24.5 Å². The maximum Gasteiger partial charge on any atom is 0.235 e. The van der Waals surface area contributed by atoms with Crippen LogP contribution >= 0.6 is 11.3 Å². The lowest BCUT2D eigenvalue weighted by molar-refractivity contribution is -0.134. The fourth-order valence-electron chi connectivity index (χ4n) is 4.51. The summed E-state index contributed by atoms with van der Waals surface area (Å²) in [7, 11) is 3.85. The first-order valence-electron chi connectivity index (χ1n) is 10.9. The quantitative estimate of drug-likeness (QED) is 0.756. The average Bonchev–Trinajstić information content (AvgIpc) is 3.30. The lowest BCUT2D eigenvalue weighted by atomic mass is 9.79. The number of likely N-dealkylation sites (N-methyl/N-ethyl adjacent to an activating group) is 1. The second-order valence-electron chi connectivity index (χ2n) is 8.89. The Labute approximate surface area is 193 Å². The van der Waals surface area contributed by atoms with E-state index in [2.05, 4.69) is 34.4 Å². The van der Waals surface area contributed by atoms with Gasteiger partial charge in [0.2, 0.25) is 5.91 Å². The van der Waals surface area contributed by atoms with Crippen LogP contribution in [0.4, 0.5) is 0 Å². The molecule has 1 aromatic carbocycles. The van der Waals surface area contributed by atoms with Gasteiger partial charge in [0.25, 0.3) is 0 Å². The van der Waals surface area contributed by atoms with Crippen molar-refractivity contribution >= 4 is 23.2 Å². The molecule has 0 spiro atoms. The van der Waals surface area contributed by atoms with Gasteiger partial charge < -0.3 is 15.5 Å². The zero-order valence-corrected chi connectivity index (χ0v) is 19.7. The fraction of sp³-hybridized carbons (Fsp3) is 0.458. The lowest BCUT2D eigenvalue weighted by Crippen LogP contribution is -2.54. The van der Waals surface area contributed by atoms with Crippen molar-refractivity contribution in [3.05, 3.63) is 46.2 Å². The van der Waals surface area contributed by atoms with E-state index in [9.17, 15) is 10.1 Å². The van der Waals surface area contributed by atoms with Crippen LogP contribution in [0.5, 0.6) is 0 Å². The summed E-state index contributed by atoms with van der Waals surface area (Å²) < 4.78 is 0. The van der Waals surface area contributed by atoms with Gasteiger partial charge in [-0.1, -0.05) is 12.1 Å². The Balaban J connectivity index is 1.62. The van der Waals surface area contributed by atoms with E-state index in [-0.39, 0.29) is 17.8 Å². The Bertz CT molecular complexity index is 1060. The van der Waals surface area contributed by atoms with E-state index < -0.39 is 5.54 Å². The normalized spacial score (nSPS) is 24.9. The van der Waals surface area contributed by atoms with Crippen molar-refractivity contribution in [2.75, 3.05) is 46.8 Å². The van der Waals surface area contributed by atoms with Gasteiger partial charge in [-0.05, 0) is 61.6 Å². The van der Waals surface area contributed by atoms with Crippen LogP contribution < -0.4 is 5.73 Å². The molecule has 0 saturated carbocycles. The van der Waals surface area contributed by atoms with Crippen molar-refractivity contribution < 1.29 is 4.79 Å². The number of hydrogen-bond donors (Lipinski definition) is 1. The third-order valence-corrected chi connectivity index (χ3v) is 7.91. The van der Waals surface area contributed by atoms with Crippen molar-refractivity contribution in [3.63, 3.8) is 0 Å². The topological polar surface area (TPSA) is 89.0 Å². The minimum absolute atomic E-state index is 0.0237. The molecule has 4 rings (SSSR count). The smallest absolute Gasteiger partial charge is 0.235 e. The second-order valence-corrected chi connectivity index (χ2v) is 9.80. The molecule has 0 unspecified atom stereocenters. The predicted molar refractivity (Wildman–Crippen MR) is 128 cm³/mol. The number of benzene rings is 1. The van der Waals surface area contributed by atoms with Gasteiger partial charge >= 0.3 is 0 Å². The zero-order chi connectivity index (χ0) is 22.9. The molecule has 2 aliphatic rings. The number of piperazine rings is 1. The van der Waals surface area contributed by atoms with Gasteiger partial charge in [0.1, 0.15) is 5.54 Å². The molecule has 1 fully saturated rings. The number of carbonyl (C=O) groups is 1. The highest BCUT2D eigenvalue weighted by atomic mass is 32.1. The fourth-order valence-corrected chi connectivity index (χ4v) is 5.59. The molecule has 7 nitrogen and oxygen atoms in total. The molecule has 2 aliphatic heterocycles. The third-order valence-electron chi connectivity index (χ3n) is 6.75. The van der Waals surface area contributed by atoms with Crippen molar-refractivity contribution in [2.24, 2.45) is 16.6 Å². The Morgan fingerprint density at radius 3 is 2.69 bits per heavy atom. The maximum atomic E-state index is 13.3. The van der Waals surface area contributed by atoms with Gasteiger partial charge in [-0.25, -0.2) is 4.99 Å². The number of nitrogens with two attached hydrogens (primary N) is 1. The molecular formula is C24H30N6OS. The van der Waals surface area contributed by atoms with E-state index >= 15 is 0 Å². The zero-order valence-electron chi connectivity index (χ0n) is 18.9. The Morgan fingerprint density at radius 1 is 1.22 bits per heavy atom. The second kappa shape index (κ2) is 9.02. The minimum Gasteiger partial charge on any atom is -0.369 e. The van der Waals surface area contributed by atoms with Gasteiger partial charge in [-0.15, -0.1) is 11.3 Å². The molecular weight excluding hydrogens is 420 g/mol. The number of thiophene rings is 1. The summed E-state index contributed by atoms with van der Waals surface area (Å²) in [5, 5.41) is 11.3. The molecule has 3 heterocycles. The summed E-state index contributed by atoms with van der Waals surface area (Å²) in [5.74, 6) is 0.00160. The first-order valence-corrected chi connectivity index (χ1v) is 11.8. The minimum atomic E-state index is -0.712. The Morgan fingerprint density at radius 2 is 1.97 bits per heavy atom. The van der Waals surface area contributed by atoms with Crippen LogP contribution in [0.2, 0.25) is 0 Å². The van der Waals surface area contributed by atoms with Gasteiger partial charge in [-0.2, -0.15) is 5.26 Å². The molecule has 0 aliphatic carbocycles. The number of nitrogens with zero attached hydrogens (tertiary/aromatic N) is 5. The summed E-state index contributed by atoms with van der Waals surface area (Å²) in [5.41, 5.74) is 8.09. The number of nitriles is 1. The monoisotopic (exact) mass is 450 g/mol. The van der Waals surface area contributed by atoms with Crippen molar-refractivity contribution in [1.82, 2.24) is 14.7 Å². The van der Waals surface area contributed by atoms with Crippen LogP contribution in [-0.2, 0) is 10.3 Å². The van der Waals surface area contributed by atoms with Gasteiger partial charge in [-0.3, -0.25) is 9.69 Å². The maximum absolute atomic E-state index is 13.3. The Hall–Kier alpha value is -2.73. The number of hydrogen-bond acceptors (Lipinski definition) is 7. The van der Waals surface area contributed by atoms with Crippen molar-refractivity contribution in [2.45, 2.75) is 18.9 Å². The standard InChI is InChI=1S/C24H30N6OS/c1-24(21-14-19(16-32-21)18-6-4-5-17(13-18)15-25)20(22(31)29(3)23(26)27-24)7-8-30-11-9-28(2)10-12-30/h4-6,13-14,16,20H,7-12H2,1-3H3,(H2,26,27)/t20-,24+/m1/s1. The van der Waals surface area contributed by atoms with Gasteiger partial charge in [0.15, 0.2) is 5.96 Å². The highest BCUT2D eigenvalue weighted by molar-refractivity contribution is 7.10. The highest BCUT2D eigenvalue weighted by Crippen LogP contribution is 2.43.